The van der Waals surface area contributed by atoms with Crippen LogP contribution in [0.15, 0.2) is 4.99 Å². The summed E-state index contributed by atoms with van der Waals surface area (Å²) in [7, 11) is 1.38. The molecule has 0 atom stereocenters. The van der Waals surface area contributed by atoms with Gasteiger partial charge in [-0.3, -0.25) is 0 Å². The highest BCUT2D eigenvalue weighted by Crippen LogP contribution is 1.93. The fourth-order valence-corrected chi connectivity index (χ4v) is 0. The van der Waals surface area contributed by atoms with Crippen molar-refractivity contribution in [1.82, 2.24) is 0 Å². The van der Waals surface area contributed by atoms with Crippen molar-refractivity contribution in [2.24, 2.45) is 4.99 Å². The van der Waals surface area contributed by atoms with E-state index in [1.807, 2.05) is 0 Å². The molecule has 0 saturated heterocycles. The van der Waals surface area contributed by atoms with E-state index in [0.717, 1.165) is 0 Å². The number of carbonyl (C=O) groups excluding carboxylic acids is 1. The fourth-order valence-electron chi connectivity index (χ4n) is 0. The normalized spacial score (nSPS) is 8.56. The Balaban J connectivity index is 0. The third-order valence-corrected chi connectivity index (χ3v) is 0.0913. The van der Waals surface area contributed by atoms with Crippen molar-refractivity contribution >= 4 is 6.08 Å². The predicted molar refractivity (Wildman–Crippen MR) is 36.0 cm³/mol. The fraction of sp³-hybridized carbons (Fsp3) is 0.833. The molecule has 0 aliphatic heterocycles. The van der Waals surface area contributed by atoms with Gasteiger partial charge in [0.2, 0.25) is 6.08 Å². The second kappa shape index (κ2) is 5.48. The highest BCUT2D eigenvalue weighted by atomic mass is 16.3. The molecule has 0 aromatic rings. The van der Waals surface area contributed by atoms with Gasteiger partial charge in [0.1, 0.15) is 0 Å². The quantitative estimate of drug-likeness (QED) is 0.389. The zero-order chi connectivity index (χ0) is 7.91. The SMILES string of the molecule is CC(C)(C)O.CN=C=O. The topological polar surface area (TPSA) is 49.7 Å². The van der Waals surface area contributed by atoms with Crippen LogP contribution in [0.2, 0.25) is 0 Å². The molecule has 3 nitrogen and oxygen atoms in total. The molecule has 0 aromatic heterocycles. The minimum Gasteiger partial charge on any atom is -0.391 e. The molecular formula is C6H13NO2. The first-order chi connectivity index (χ1) is 3.91. The minimum atomic E-state index is -0.500. The van der Waals surface area contributed by atoms with E-state index in [4.69, 9.17) is 9.90 Å². The summed E-state index contributed by atoms with van der Waals surface area (Å²) >= 11 is 0. The van der Waals surface area contributed by atoms with E-state index >= 15 is 0 Å². The summed E-state index contributed by atoms with van der Waals surface area (Å²) in [6.45, 7) is 5.23. The lowest BCUT2D eigenvalue weighted by Crippen LogP contribution is -2.10. The standard InChI is InChI=1S/C4H10O.C2H3NO/c1-4(2,3)5;1-3-2-4/h5H,1-3H3;1H3. The van der Waals surface area contributed by atoms with Crippen molar-refractivity contribution < 1.29 is 9.90 Å². The molecule has 0 rings (SSSR count). The second-order valence-corrected chi connectivity index (χ2v) is 2.49. The van der Waals surface area contributed by atoms with E-state index < -0.39 is 5.60 Å². The molecule has 0 aromatic carbocycles. The van der Waals surface area contributed by atoms with Crippen LogP contribution in [-0.4, -0.2) is 23.8 Å². The number of hydrogen-bond donors (Lipinski definition) is 1. The number of aliphatic imine (C=N–C) groups is 1. The Hall–Kier alpha value is -0.660. The Morgan fingerprint density at radius 2 is 1.56 bits per heavy atom. The van der Waals surface area contributed by atoms with Gasteiger partial charge in [-0.1, -0.05) is 0 Å². The highest BCUT2D eigenvalue weighted by Gasteiger charge is 1.97. The summed E-state index contributed by atoms with van der Waals surface area (Å²) in [5, 5.41) is 8.52. The maximum atomic E-state index is 8.88. The molecule has 3 heteroatoms. The molecule has 1 N–H and O–H groups in total. The Morgan fingerprint density at radius 3 is 1.56 bits per heavy atom. The van der Waals surface area contributed by atoms with Gasteiger partial charge in [-0.25, -0.2) is 9.79 Å². The van der Waals surface area contributed by atoms with Crippen LogP contribution in [0.5, 0.6) is 0 Å². The van der Waals surface area contributed by atoms with Crippen LogP contribution in [0.25, 0.3) is 0 Å². The van der Waals surface area contributed by atoms with E-state index in [2.05, 4.69) is 4.99 Å². The van der Waals surface area contributed by atoms with E-state index in [9.17, 15) is 0 Å². The summed E-state index contributed by atoms with van der Waals surface area (Å²) < 4.78 is 0. The van der Waals surface area contributed by atoms with Crippen LogP contribution in [-0.2, 0) is 4.79 Å². The summed E-state index contributed by atoms with van der Waals surface area (Å²) in [5.41, 5.74) is -0.500. The first-order valence-electron chi connectivity index (χ1n) is 2.60. The predicted octanol–water partition coefficient (Wildman–Crippen LogP) is 0.729. The number of aliphatic hydroxyl groups is 1. The van der Waals surface area contributed by atoms with Gasteiger partial charge in [0, 0.05) is 7.05 Å². The minimum absolute atomic E-state index is 0.500. The van der Waals surface area contributed by atoms with Crippen LogP contribution in [0, 0.1) is 0 Å². The number of hydrogen-bond acceptors (Lipinski definition) is 3. The third-order valence-electron chi connectivity index (χ3n) is 0.0913. The van der Waals surface area contributed by atoms with E-state index in [1.165, 1.54) is 13.1 Å². The summed E-state index contributed by atoms with van der Waals surface area (Å²) in [6, 6.07) is 0. The molecule has 0 spiro atoms. The molecule has 0 amide bonds. The second-order valence-electron chi connectivity index (χ2n) is 2.49. The lowest BCUT2D eigenvalue weighted by atomic mass is 10.2. The highest BCUT2D eigenvalue weighted by molar-refractivity contribution is 5.32. The van der Waals surface area contributed by atoms with Crippen LogP contribution in [0.1, 0.15) is 20.8 Å². The van der Waals surface area contributed by atoms with Crippen molar-refractivity contribution in [3.63, 3.8) is 0 Å². The van der Waals surface area contributed by atoms with Crippen LogP contribution in [0.3, 0.4) is 0 Å². The molecule has 0 radical (unpaired) electrons. The van der Waals surface area contributed by atoms with E-state index in [1.54, 1.807) is 20.8 Å². The zero-order valence-corrected chi connectivity index (χ0v) is 6.30. The van der Waals surface area contributed by atoms with Crippen molar-refractivity contribution in [2.75, 3.05) is 7.05 Å². The molecule has 0 aliphatic rings. The van der Waals surface area contributed by atoms with Crippen molar-refractivity contribution in [3.05, 3.63) is 0 Å². The van der Waals surface area contributed by atoms with E-state index in [-0.39, 0.29) is 0 Å². The van der Waals surface area contributed by atoms with Gasteiger partial charge in [0.05, 0.1) is 5.60 Å². The lowest BCUT2D eigenvalue weighted by Gasteiger charge is -2.04. The van der Waals surface area contributed by atoms with Gasteiger partial charge in [0.25, 0.3) is 0 Å². The summed E-state index contributed by atoms with van der Waals surface area (Å²) in [4.78, 5) is 11.8. The molecule has 0 aliphatic carbocycles. The molecule has 0 unspecified atom stereocenters. The Bertz CT molecular complexity index is 92.1. The Morgan fingerprint density at radius 1 is 1.44 bits per heavy atom. The van der Waals surface area contributed by atoms with Crippen molar-refractivity contribution in [2.45, 2.75) is 26.4 Å². The monoisotopic (exact) mass is 131 g/mol. The number of nitrogens with zero attached hydrogens (tertiary/aromatic N) is 1. The van der Waals surface area contributed by atoms with Crippen molar-refractivity contribution in [3.8, 4) is 0 Å². The molecule has 0 saturated carbocycles. The average molecular weight is 131 g/mol. The Kier molecular flexibility index (Phi) is 6.80. The number of isocyanates is 1. The summed E-state index contributed by atoms with van der Waals surface area (Å²) in [5.74, 6) is 0. The van der Waals surface area contributed by atoms with Gasteiger partial charge in [-0.15, -0.1) is 0 Å². The first-order valence-corrected chi connectivity index (χ1v) is 2.60. The molecule has 0 fully saturated rings. The van der Waals surface area contributed by atoms with Gasteiger partial charge < -0.3 is 5.11 Å². The van der Waals surface area contributed by atoms with Crippen LogP contribution < -0.4 is 0 Å². The molecule has 0 heterocycles. The molecule has 9 heavy (non-hydrogen) atoms. The number of rotatable bonds is 0. The maximum Gasteiger partial charge on any atom is 0.234 e. The molecule has 54 valence electrons. The third kappa shape index (κ3) is 1810. The lowest BCUT2D eigenvalue weighted by molar-refractivity contribution is 0.102. The smallest absolute Gasteiger partial charge is 0.234 e. The molecule has 0 bridgehead atoms. The van der Waals surface area contributed by atoms with Crippen LogP contribution >= 0.6 is 0 Å². The zero-order valence-electron chi connectivity index (χ0n) is 6.30. The van der Waals surface area contributed by atoms with Gasteiger partial charge in [-0.2, -0.15) is 0 Å². The first kappa shape index (κ1) is 11.2. The van der Waals surface area contributed by atoms with Crippen LogP contribution in [0.4, 0.5) is 0 Å². The van der Waals surface area contributed by atoms with Gasteiger partial charge in [0.15, 0.2) is 0 Å². The van der Waals surface area contributed by atoms with Gasteiger partial charge >= 0.3 is 0 Å². The van der Waals surface area contributed by atoms with E-state index in [0.29, 0.717) is 0 Å². The largest absolute Gasteiger partial charge is 0.391 e. The van der Waals surface area contributed by atoms with Crippen molar-refractivity contribution in [1.29, 1.82) is 0 Å². The maximum absolute atomic E-state index is 8.88. The summed E-state index contributed by atoms with van der Waals surface area (Å²) in [6.07, 6.45) is 1.31. The Labute approximate surface area is 55.4 Å². The average Bonchev–Trinajstić information content (AvgIpc) is 1.61. The molecular weight excluding hydrogens is 118 g/mol. The van der Waals surface area contributed by atoms with Gasteiger partial charge in [-0.05, 0) is 20.8 Å².